The molecule has 0 bridgehead atoms. The Morgan fingerprint density at radius 2 is 1.56 bits per heavy atom. The van der Waals surface area contributed by atoms with Crippen LogP contribution in [0.2, 0.25) is 0 Å². The van der Waals surface area contributed by atoms with Crippen LogP contribution in [0.15, 0.2) is 36.4 Å². The molecule has 0 saturated carbocycles. The quantitative estimate of drug-likeness (QED) is 0.552. The second-order valence-corrected chi connectivity index (χ2v) is 6.06. The summed E-state index contributed by atoms with van der Waals surface area (Å²) in [5.41, 5.74) is 0.210. The lowest BCUT2D eigenvalue weighted by Gasteiger charge is -2.12. The van der Waals surface area contributed by atoms with E-state index in [9.17, 15) is 15.0 Å². The maximum atomic E-state index is 12.6. The molecule has 0 atom stereocenters. The van der Waals surface area contributed by atoms with E-state index in [-0.39, 0.29) is 28.7 Å². The molecule has 25 heavy (non-hydrogen) atoms. The van der Waals surface area contributed by atoms with Crippen molar-refractivity contribution >= 4 is 5.78 Å². The van der Waals surface area contributed by atoms with Crippen LogP contribution in [0.25, 0.3) is 0 Å². The van der Waals surface area contributed by atoms with Crippen LogP contribution in [0.3, 0.4) is 0 Å². The summed E-state index contributed by atoms with van der Waals surface area (Å²) in [4.78, 5) is 12.6. The van der Waals surface area contributed by atoms with Gasteiger partial charge in [0, 0.05) is 12.1 Å². The summed E-state index contributed by atoms with van der Waals surface area (Å²) in [5.74, 6) is 0.151. The highest BCUT2D eigenvalue weighted by atomic mass is 16.5. The van der Waals surface area contributed by atoms with Crippen LogP contribution in [0, 0.1) is 0 Å². The Kier molecular flexibility index (Phi) is 6.28. The average molecular weight is 344 g/mol. The number of carbonyl (C=O) groups is 1. The Balaban J connectivity index is 2.20. The number of hydrogen-bond acceptors (Lipinski definition) is 5. The number of phenols is 2. The molecule has 0 unspecified atom stereocenters. The molecule has 0 aromatic heterocycles. The molecule has 0 radical (unpaired) electrons. The second-order valence-electron chi connectivity index (χ2n) is 6.06. The van der Waals surface area contributed by atoms with Crippen molar-refractivity contribution in [1.82, 2.24) is 0 Å². The van der Waals surface area contributed by atoms with Gasteiger partial charge in [-0.3, -0.25) is 4.79 Å². The van der Waals surface area contributed by atoms with E-state index in [1.165, 1.54) is 24.3 Å². The van der Waals surface area contributed by atoms with Crippen LogP contribution in [0.4, 0.5) is 0 Å². The third kappa shape index (κ3) is 4.89. The highest BCUT2D eigenvalue weighted by molar-refractivity contribution is 6.12. The molecule has 0 spiro atoms. The minimum absolute atomic E-state index is 0.0368. The number of carbonyl (C=O) groups excluding carboxylic acids is 1. The number of benzene rings is 2. The van der Waals surface area contributed by atoms with Crippen LogP contribution in [0.5, 0.6) is 23.0 Å². The summed E-state index contributed by atoms with van der Waals surface area (Å²) in [6.45, 7) is 6.37. The molecular weight excluding hydrogens is 320 g/mol. The van der Waals surface area contributed by atoms with Crippen LogP contribution >= 0.6 is 0 Å². The van der Waals surface area contributed by atoms with Crippen molar-refractivity contribution in [3.8, 4) is 23.0 Å². The third-order valence-corrected chi connectivity index (χ3v) is 3.57. The van der Waals surface area contributed by atoms with Crippen LogP contribution < -0.4 is 9.47 Å². The summed E-state index contributed by atoms with van der Waals surface area (Å²) < 4.78 is 11.0. The smallest absolute Gasteiger partial charge is 0.200 e. The van der Waals surface area contributed by atoms with E-state index in [0.717, 1.165) is 12.8 Å². The summed E-state index contributed by atoms with van der Waals surface area (Å²) >= 11 is 0. The fourth-order valence-electron chi connectivity index (χ4n) is 2.32. The van der Waals surface area contributed by atoms with Gasteiger partial charge in [-0.2, -0.15) is 0 Å². The zero-order chi connectivity index (χ0) is 18.4. The average Bonchev–Trinajstić information content (AvgIpc) is 2.54. The molecule has 0 aliphatic heterocycles. The molecule has 0 saturated heterocycles. The molecule has 2 aromatic rings. The lowest BCUT2D eigenvalue weighted by Crippen LogP contribution is -2.07. The van der Waals surface area contributed by atoms with Gasteiger partial charge in [-0.1, -0.05) is 13.3 Å². The molecule has 5 heteroatoms. The molecule has 0 amide bonds. The molecule has 134 valence electrons. The monoisotopic (exact) mass is 344 g/mol. The van der Waals surface area contributed by atoms with E-state index in [0.29, 0.717) is 18.1 Å². The summed E-state index contributed by atoms with van der Waals surface area (Å²) in [6.07, 6.45) is 1.89. The Hall–Kier alpha value is -2.69. The number of hydrogen-bond donors (Lipinski definition) is 2. The van der Waals surface area contributed by atoms with Gasteiger partial charge in [0.05, 0.1) is 23.8 Å². The van der Waals surface area contributed by atoms with E-state index in [2.05, 4.69) is 6.92 Å². The van der Waals surface area contributed by atoms with Crippen molar-refractivity contribution in [3.63, 3.8) is 0 Å². The number of ether oxygens (including phenoxy) is 2. The van der Waals surface area contributed by atoms with E-state index in [1.54, 1.807) is 12.1 Å². The van der Waals surface area contributed by atoms with Gasteiger partial charge in [0.2, 0.25) is 0 Å². The molecule has 2 N–H and O–H groups in total. The number of rotatable bonds is 8. The number of aromatic hydroxyl groups is 2. The Morgan fingerprint density at radius 1 is 1.00 bits per heavy atom. The Labute approximate surface area is 147 Å². The zero-order valence-electron chi connectivity index (χ0n) is 14.8. The summed E-state index contributed by atoms with van der Waals surface area (Å²) in [6, 6.07) is 9.04. The van der Waals surface area contributed by atoms with Crippen molar-refractivity contribution in [1.29, 1.82) is 0 Å². The first-order valence-electron chi connectivity index (χ1n) is 8.42. The highest BCUT2D eigenvalue weighted by Crippen LogP contribution is 2.30. The molecule has 5 nitrogen and oxygen atoms in total. The van der Waals surface area contributed by atoms with E-state index in [4.69, 9.17) is 9.47 Å². The second kappa shape index (κ2) is 8.42. The maximum Gasteiger partial charge on any atom is 0.200 e. The van der Waals surface area contributed by atoms with E-state index >= 15 is 0 Å². The lowest BCUT2D eigenvalue weighted by molar-refractivity contribution is 0.103. The highest BCUT2D eigenvalue weighted by Gasteiger charge is 2.18. The Morgan fingerprint density at radius 3 is 2.08 bits per heavy atom. The molecule has 0 heterocycles. The van der Waals surface area contributed by atoms with Crippen molar-refractivity contribution in [2.24, 2.45) is 0 Å². The van der Waals surface area contributed by atoms with Gasteiger partial charge in [-0.15, -0.1) is 0 Å². The van der Waals surface area contributed by atoms with Gasteiger partial charge in [-0.05, 0) is 44.5 Å². The van der Waals surface area contributed by atoms with Gasteiger partial charge in [0.1, 0.15) is 23.0 Å². The summed E-state index contributed by atoms with van der Waals surface area (Å²) in [7, 11) is 0. The fourth-order valence-corrected chi connectivity index (χ4v) is 2.32. The van der Waals surface area contributed by atoms with Gasteiger partial charge in [0.15, 0.2) is 5.78 Å². The lowest BCUT2D eigenvalue weighted by atomic mass is 10.0. The molecule has 2 rings (SSSR count). The Bertz CT molecular complexity index is 737. The first kappa shape index (κ1) is 18.6. The van der Waals surface area contributed by atoms with Crippen LogP contribution in [-0.4, -0.2) is 28.7 Å². The van der Waals surface area contributed by atoms with E-state index < -0.39 is 5.78 Å². The fraction of sp³-hybridized carbons (Fsp3) is 0.350. The minimum Gasteiger partial charge on any atom is -0.507 e. The van der Waals surface area contributed by atoms with Gasteiger partial charge >= 0.3 is 0 Å². The largest absolute Gasteiger partial charge is 0.507 e. The number of phenolic OH excluding ortho intramolecular Hbond substituents is 2. The SMILES string of the molecule is CCCCOc1ccc(C(=O)c2ccc(OC(C)C)cc2O)c(O)c1. The molecule has 0 fully saturated rings. The van der Waals surface area contributed by atoms with Gasteiger partial charge in [0.25, 0.3) is 0 Å². The maximum absolute atomic E-state index is 12.6. The van der Waals surface area contributed by atoms with Gasteiger partial charge < -0.3 is 19.7 Å². The van der Waals surface area contributed by atoms with Crippen molar-refractivity contribution in [3.05, 3.63) is 47.5 Å². The minimum atomic E-state index is -0.466. The number of unbranched alkanes of at least 4 members (excludes halogenated alkanes) is 1. The third-order valence-electron chi connectivity index (χ3n) is 3.57. The van der Waals surface area contributed by atoms with Crippen LogP contribution in [-0.2, 0) is 0 Å². The topological polar surface area (TPSA) is 76.0 Å². The first-order valence-corrected chi connectivity index (χ1v) is 8.42. The first-order chi connectivity index (χ1) is 11.9. The van der Waals surface area contributed by atoms with Gasteiger partial charge in [-0.25, -0.2) is 0 Å². The van der Waals surface area contributed by atoms with E-state index in [1.807, 2.05) is 13.8 Å². The predicted octanol–water partition coefficient (Wildman–Crippen LogP) is 4.29. The molecule has 2 aromatic carbocycles. The standard InChI is InChI=1S/C20H24O5/c1-4-5-10-24-14-6-8-16(18(21)11-14)20(23)17-9-7-15(12-19(17)22)25-13(2)3/h6-9,11-13,21-22H,4-5,10H2,1-3H3. The van der Waals surface area contributed by atoms with Crippen molar-refractivity contribution < 1.29 is 24.5 Å². The predicted molar refractivity (Wildman–Crippen MR) is 95.8 cm³/mol. The zero-order valence-corrected chi connectivity index (χ0v) is 14.8. The number of ketones is 1. The molecule has 0 aliphatic carbocycles. The van der Waals surface area contributed by atoms with Crippen molar-refractivity contribution in [2.75, 3.05) is 6.61 Å². The molecular formula is C20H24O5. The van der Waals surface area contributed by atoms with Crippen LogP contribution in [0.1, 0.15) is 49.5 Å². The molecule has 0 aliphatic rings. The summed E-state index contributed by atoms with van der Waals surface area (Å²) in [5, 5.41) is 20.3. The normalized spacial score (nSPS) is 10.7. The van der Waals surface area contributed by atoms with Crippen molar-refractivity contribution in [2.45, 2.75) is 39.7 Å².